The summed E-state index contributed by atoms with van der Waals surface area (Å²) in [5.41, 5.74) is -0.613. The van der Waals surface area contributed by atoms with Crippen LogP contribution >= 0.6 is 35.4 Å². The summed E-state index contributed by atoms with van der Waals surface area (Å²) in [6.07, 6.45) is 0. The SMILES string of the molecule is COc1c(F)c(F)c(C(=O)NC(=S)Nc2ccc(NC(=O)c3ccc(Cl)cc3Cl)cc2)c(F)c1F. The Hall–Kier alpha value is -3.41. The Kier molecular flexibility index (Phi) is 8.15. The van der Waals surface area contributed by atoms with Crippen molar-refractivity contribution >= 4 is 63.7 Å². The summed E-state index contributed by atoms with van der Waals surface area (Å²) in [5, 5.41) is 7.23. The van der Waals surface area contributed by atoms with Gasteiger partial charge in [0.1, 0.15) is 5.56 Å². The summed E-state index contributed by atoms with van der Waals surface area (Å²) in [6, 6.07) is 10.3. The highest BCUT2D eigenvalue weighted by Crippen LogP contribution is 2.29. The number of amides is 2. The molecule has 0 saturated heterocycles. The van der Waals surface area contributed by atoms with E-state index in [4.69, 9.17) is 35.4 Å². The van der Waals surface area contributed by atoms with Gasteiger partial charge in [0.15, 0.2) is 22.5 Å². The van der Waals surface area contributed by atoms with E-state index in [0.717, 1.165) is 7.11 Å². The molecule has 13 heteroatoms. The van der Waals surface area contributed by atoms with Crippen LogP contribution in [0.15, 0.2) is 42.5 Å². The molecule has 35 heavy (non-hydrogen) atoms. The van der Waals surface area contributed by atoms with Crippen LogP contribution in [0.5, 0.6) is 5.75 Å². The zero-order valence-corrected chi connectivity index (χ0v) is 19.8. The lowest BCUT2D eigenvalue weighted by molar-refractivity contribution is 0.0965. The van der Waals surface area contributed by atoms with Gasteiger partial charge in [0.25, 0.3) is 11.8 Å². The van der Waals surface area contributed by atoms with Crippen molar-refractivity contribution in [3.8, 4) is 5.75 Å². The van der Waals surface area contributed by atoms with Crippen LogP contribution in [0.4, 0.5) is 28.9 Å². The minimum absolute atomic E-state index is 0.166. The highest BCUT2D eigenvalue weighted by Gasteiger charge is 2.30. The summed E-state index contributed by atoms with van der Waals surface area (Å²) in [7, 11) is 0.808. The molecule has 0 aromatic heterocycles. The molecule has 182 valence electrons. The van der Waals surface area contributed by atoms with Crippen LogP contribution in [-0.4, -0.2) is 24.0 Å². The second-order valence-corrected chi connectivity index (χ2v) is 7.98. The van der Waals surface area contributed by atoms with Gasteiger partial charge in [-0.1, -0.05) is 23.2 Å². The first-order valence-corrected chi connectivity index (χ1v) is 10.6. The van der Waals surface area contributed by atoms with E-state index in [1.807, 2.05) is 5.32 Å². The molecule has 0 aliphatic carbocycles. The maximum Gasteiger partial charge on any atom is 0.263 e. The first kappa shape index (κ1) is 26.2. The Morgan fingerprint density at radius 2 is 1.37 bits per heavy atom. The van der Waals surface area contributed by atoms with Gasteiger partial charge in [0.2, 0.25) is 11.6 Å². The molecule has 0 atom stereocenters. The predicted octanol–water partition coefficient (Wildman–Crippen LogP) is 5.94. The number of hydrogen-bond acceptors (Lipinski definition) is 4. The number of methoxy groups -OCH3 is 1. The molecule has 0 fully saturated rings. The van der Waals surface area contributed by atoms with Gasteiger partial charge in [-0.3, -0.25) is 14.9 Å². The highest BCUT2D eigenvalue weighted by atomic mass is 35.5. The van der Waals surface area contributed by atoms with Crippen LogP contribution in [0.2, 0.25) is 10.0 Å². The van der Waals surface area contributed by atoms with Crippen molar-refractivity contribution in [2.24, 2.45) is 0 Å². The van der Waals surface area contributed by atoms with E-state index >= 15 is 0 Å². The molecule has 3 aromatic carbocycles. The van der Waals surface area contributed by atoms with E-state index in [2.05, 4.69) is 15.4 Å². The third-order valence-corrected chi connectivity index (χ3v) is 5.21. The average molecular weight is 546 g/mol. The number of nitrogens with one attached hydrogen (secondary N) is 3. The molecule has 3 aromatic rings. The van der Waals surface area contributed by atoms with Crippen LogP contribution in [0, 0.1) is 23.3 Å². The van der Waals surface area contributed by atoms with Crippen LogP contribution in [0.3, 0.4) is 0 Å². The highest BCUT2D eigenvalue weighted by molar-refractivity contribution is 7.80. The minimum Gasteiger partial charge on any atom is -0.491 e. The Morgan fingerprint density at radius 1 is 0.829 bits per heavy atom. The predicted molar refractivity (Wildman–Crippen MR) is 127 cm³/mol. The van der Waals surface area contributed by atoms with Crippen molar-refractivity contribution in [2.45, 2.75) is 0 Å². The summed E-state index contributed by atoms with van der Waals surface area (Å²) >= 11 is 16.7. The third-order valence-electron chi connectivity index (χ3n) is 4.46. The fourth-order valence-corrected chi connectivity index (χ4v) is 3.53. The molecule has 3 N–H and O–H groups in total. The molecule has 0 radical (unpaired) electrons. The van der Waals surface area contributed by atoms with E-state index in [9.17, 15) is 27.2 Å². The fraction of sp³-hybridized carbons (Fsp3) is 0.0455. The molecular formula is C22H13Cl2F4N3O3S. The Morgan fingerprint density at radius 3 is 1.89 bits per heavy atom. The smallest absolute Gasteiger partial charge is 0.263 e. The second kappa shape index (κ2) is 10.9. The molecule has 0 aliphatic heterocycles. The average Bonchev–Trinajstić information content (AvgIpc) is 2.79. The van der Waals surface area contributed by atoms with Crippen molar-refractivity contribution in [3.63, 3.8) is 0 Å². The number of anilines is 2. The third kappa shape index (κ3) is 5.81. The minimum atomic E-state index is -1.94. The molecule has 0 spiro atoms. The van der Waals surface area contributed by atoms with E-state index < -0.39 is 51.5 Å². The van der Waals surface area contributed by atoms with E-state index in [1.54, 1.807) is 0 Å². The number of hydrogen-bond donors (Lipinski definition) is 3. The molecule has 3 rings (SSSR count). The zero-order valence-electron chi connectivity index (χ0n) is 17.4. The van der Waals surface area contributed by atoms with Gasteiger partial charge in [-0.05, 0) is 54.7 Å². The van der Waals surface area contributed by atoms with E-state index in [-0.39, 0.29) is 10.6 Å². The van der Waals surface area contributed by atoms with E-state index in [1.165, 1.54) is 42.5 Å². The van der Waals surface area contributed by atoms with Crippen molar-refractivity contribution in [3.05, 3.63) is 86.9 Å². The van der Waals surface area contributed by atoms with Crippen LogP contribution in [0.1, 0.15) is 20.7 Å². The lowest BCUT2D eigenvalue weighted by Gasteiger charge is -2.13. The van der Waals surface area contributed by atoms with Gasteiger partial charge in [0.05, 0.1) is 17.7 Å². The lowest BCUT2D eigenvalue weighted by Crippen LogP contribution is -2.35. The second-order valence-electron chi connectivity index (χ2n) is 6.73. The summed E-state index contributed by atoms with van der Waals surface area (Å²) in [6.45, 7) is 0. The normalized spacial score (nSPS) is 10.5. The van der Waals surface area contributed by atoms with Gasteiger partial charge in [-0.25, -0.2) is 8.78 Å². The van der Waals surface area contributed by atoms with Crippen LogP contribution in [-0.2, 0) is 0 Å². The van der Waals surface area contributed by atoms with Gasteiger partial charge < -0.3 is 15.4 Å². The number of halogens is 6. The number of carbonyl (C=O) groups excluding carboxylic acids is 2. The lowest BCUT2D eigenvalue weighted by atomic mass is 10.1. The van der Waals surface area contributed by atoms with E-state index in [0.29, 0.717) is 16.4 Å². The maximum atomic E-state index is 14.1. The van der Waals surface area contributed by atoms with Crippen molar-refractivity contribution in [1.29, 1.82) is 0 Å². The molecule has 0 saturated carbocycles. The quantitative estimate of drug-likeness (QED) is 0.210. The monoisotopic (exact) mass is 545 g/mol. The standard InChI is InChI=1S/C22H13Cl2F4N3O3S/c1-34-19-17(27)15(25)14(16(26)18(19)28)21(33)31-22(35)30-11-5-3-10(4-6-11)29-20(32)12-7-2-9(23)8-13(12)24/h2-8H,1H3,(H,29,32)(H2,30,31,33,35). The molecule has 2 amide bonds. The van der Waals surface area contributed by atoms with Crippen molar-refractivity contribution < 1.29 is 31.9 Å². The Bertz CT molecular complexity index is 1310. The number of thiocarbonyl (C=S) groups is 1. The molecule has 0 heterocycles. The Labute approximate surface area is 211 Å². The summed E-state index contributed by atoms with van der Waals surface area (Å²) in [4.78, 5) is 24.6. The van der Waals surface area contributed by atoms with Crippen LogP contribution in [0.25, 0.3) is 0 Å². The first-order valence-electron chi connectivity index (χ1n) is 9.42. The molecular weight excluding hydrogens is 533 g/mol. The largest absolute Gasteiger partial charge is 0.491 e. The molecule has 6 nitrogen and oxygen atoms in total. The van der Waals surface area contributed by atoms with Gasteiger partial charge in [-0.15, -0.1) is 0 Å². The molecule has 0 bridgehead atoms. The maximum absolute atomic E-state index is 14.1. The van der Waals surface area contributed by atoms with Crippen molar-refractivity contribution in [2.75, 3.05) is 17.7 Å². The fourth-order valence-electron chi connectivity index (χ4n) is 2.83. The van der Waals surface area contributed by atoms with Gasteiger partial charge in [-0.2, -0.15) is 8.78 Å². The summed E-state index contributed by atoms with van der Waals surface area (Å²) < 4.78 is 60.2. The van der Waals surface area contributed by atoms with Crippen molar-refractivity contribution in [1.82, 2.24) is 5.32 Å². The Balaban J connectivity index is 1.66. The number of benzene rings is 3. The summed E-state index contributed by atoms with van der Waals surface area (Å²) in [5.74, 6) is -10.9. The van der Waals surface area contributed by atoms with Gasteiger partial charge >= 0.3 is 0 Å². The molecule has 0 aliphatic rings. The molecule has 0 unspecified atom stereocenters. The zero-order chi connectivity index (χ0) is 25.9. The number of rotatable bonds is 5. The topological polar surface area (TPSA) is 79.5 Å². The number of carbonyl (C=O) groups is 2. The number of ether oxygens (including phenoxy) is 1. The van der Waals surface area contributed by atoms with Crippen LogP contribution < -0.4 is 20.7 Å². The first-order chi connectivity index (χ1) is 16.5. The van der Waals surface area contributed by atoms with Gasteiger partial charge in [0, 0.05) is 16.4 Å².